The lowest BCUT2D eigenvalue weighted by atomic mass is 9.81. The summed E-state index contributed by atoms with van der Waals surface area (Å²) in [7, 11) is 1.39. The first-order chi connectivity index (χ1) is 15.6. The molecule has 8 nitrogen and oxygen atoms in total. The number of amides is 1. The summed E-state index contributed by atoms with van der Waals surface area (Å²) in [5.74, 6) is -5.93. The summed E-state index contributed by atoms with van der Waals surface area (Å²) in [6, 6.07) is 5.43. The zero-order valence-electron chi connectivity index (χ0n) is 17.7. The summed E-state index contributed by atoms with van der Waals surface area (Å²) in [4.78, 5) is 16.3. The molecule has 1 saturated carbocycles. The van der Waals surface area contributed by atoms with E-state index in [1.54, 1.807) is 0 Å². The number of halogens is 4. The zero-order chi connectivity index (χ0) is 24.0. The second-order valence-corrected chi connectivity index (χ2v) is 8.10. The van der Waals surface area contributed by atoms with Gasteiger partial charge in [-0.15, -0.1) is 10.2 Å². The molecule has 1 amide bonds. The number of nitrogens with two attached hydrogens (primary N) is 1. The lowest BCUT2D eigenvalue weighted by molar-refractivity contribution is -0.161. The summed E-state index contributed by atoms with van der Waals surface area (Å²) in [5, 5.41) is 9.88. The van der Waals surface area contributed by atoms with Gasteiger partial charge in [-0.05, 0) is 44.0 Å². The normalized spacial score (nSPS) is 25.1. The van der Waals surface area contributed by atoms with E-state index in [1.165, 1.54) is 25.3 Å². The van der Waals surface area contributed by atoms with Gasteiger partial charge in [0.15, 0.2) is 18.0 Å². The van der Waals surface area contributed by atoms with Crippen molar-refractivity contribution < 1.29 is 31.8 Å². The van der Waals surface area contributed by atoms with Crippen molar-refractivity contribution in [1.82, 2.24) is 10.2 Å². The van der Waals surface area contributed by atoms with E-state index in [-0.39, 0.29) is 35.7 Å². The number of hydrogen-bond donors (Lipinski definition) is 2. The van der Waals surface area contributed by atoms with Crippen LogP contribution >= 0.6 is 0 Å². The molecule has 0 unspecified atom stereocenters. The first-order valence-corrected chi connectivity index (χ1v) is 10.1. The van der Waals surface area contributed by atoms with Crippen LogP contribution < -0.4 is 15.8 Å². The third-order valence-electron chi connectivity index (χ3n) is 5.75. The molecule has 1 aromatic heterocycles. The third kappa shape index (κ3) is 4.16. The van der Waals surface area contributed by atoms with Gasteiger partial charge in [0.1, 0.15) is 11.4 Å². The van der Waals surface area contributed by atoms with Crippen molar-refractivity contribution in [2.45, 2.75) is 43.5 Å². The highest BCUT2D eigenvalue weighted by Crippen LogP contribution is 2.51. The molecule has 2 aliphatic rings. The zero-order valence-corrected chi connectivity index (χ0v) is 17.7. The van der Waals surface area contributed by atoms with Gasteiger partial charge >= 0.3 is 0 Å². The van der Waals surface area contributed by atoms with Crippen LogP contribution in [0.5, 0.6) is 5.88 Å². The van der Waals surface area contributed by atoms with Crippen molar-refractivity contribution in [2.75, 3.05) is 12.4 Å². The molecular formula is C21H21F4N5O3. The number of nitrogens with zero attached hydrogens (tertiary/aromatic N) is 3. The summed E-state index contributed by atoms with van der Waals surface area (Å²) in [6.07, 6.45) is -4.16. The number of carbonyl (C=O) groups excluding carboxylic acids is 1. The van der Waals surface area contributed by atoms with E-state index in [9.17, 15) is 18.0 Å². The quantitative estimate of drug-likeness (QED) is 0.632. The topological polar surface area (TPSA) is 112 Å². The highest BCUT2D eigenvalue weighted by Gasteiger charge is 2.62. The second-order valence-electron chi connectivity index (χ2n) is 8.10. The van der Waals surface area contributed by atoms with Crippen molar-refractivity contribution in [3.05, 3.63) is 47.4 Å². The minimum absolute atomic E-state index is 0.0614. The molecule has 3 N–H and O–H groups in total. The van der Waals surface area contributed by atoms with Gasteiger partial charge in [-0.1, -0.05) is 0 Å². The number of aliphatic imine (C=N–C) groups is 1. The summed E-state index contributed by atoms with van der Waals surface area (Å²) < 4.78 is 69.5. The maximum Gasteiger partial charge on any atom is 0.290 e. The molecule has 0 saturated heterocycles. The number of amidine groups is 1. The van der Waals surface area contributed by atoms with Crippen LogP contribution in [0.2, 0.25) is 0 Å². The number of ether oxygens (including phenoxy) is 2. The Morgan fingerprint density at radius 2 is 2.00 bits per heavy atom. The Hall–Kier alpha value is -3.44. The van der Waals surface area contributed by atoms with Crippen LogP contribution in [0.25, 0.3) is 0 Å². The fraction of sp³-hybridized carbons (Fsp3) is 0.429. The monoisotopic (exact) mass is 467 g/mol. The number of benzene rings is 1. The molecule has 1 aliphatic carbocycles. The van der Waals surface area contributed by atoms with Crippen molar-refractivity contribution in [1.29, 1.82) is 0 Å². The van der Waals surface area contributed by atoms with Crippen LogP contribution in [-0.4, -0.2) is 47.4 Å². The lowest BCUT2D eigenvalue weighted by Gasteiger charge is -2.41. The molecule has 0 radical (unpaired) electrons. The van der Waals surface area contributed by atoms with E-state index in [4.69, 9.17) is 15.2 Å². The molecule has 0 bridgehead atoms. The molecule has 2 aromatic rings. The molecule has 1 aliphatic heterocycles. The number of alkyl halides is 3. The predicted molar refractivity (Wildman–Crippen MR) is 109 cm³/mol. The Balaban J connectivity index is 1.64. The average molecular weight is 467 g/mol. The number of anilines is 1. The van der Waals surface area contributed by atoms with Gasteiger partial charge in [-0.3, -0.25) is 4.79 Å². The van der Waals surface area contributed by atoms with Gasteiger partial charge in [0.25, 0.3) is 17.9 Å². The highest BCUT2D eigenvalue weighted by atomic mass is 19.3. The van der Waals surface area contributed by atoms with Crippen LogP contribution in [-0.2, 0) is 10.3 Å². The van der Waals surface area contributed by atoms with Crippen LogP contribution in [0.15, 0.2) is 35.3 Å². The number of methoxy groups -OCH3 is 1. The molecule has 1 fully saturated rings. The SMILES string of the molecule is COc1ccc(C(=O)Nc2ccc(F)c([C@@]3(C)N=C(N)O[C@H](C(F)(F)C4CC4)[C@@H]3F)c2)nn1. The van der Waals surface area contributed by atoms with Crippen molar-refractivity contribution in [3.8, 4) is 5.88 Å². The number of hydrogen-bond acceptors (Lipinski definition) is 7. The first-order valence-electron chi connectivity index (χ1n) is 10.1. The molecule has 176 valence electrons. The van der Waals surface area contributed by atoms with Crippen molar-refractivity contribution in [2.24, 2.45) is 16.6 Å². The lowest BCUT2D eigenvalue weighted by Crippen LogP contribution is -2.57. The average Bonchev–Trinajstić information content (AvgIpc) is 3.63. The van der Waals surface area contributed by atoms with Gasteiger partial charge in [0, 0.05) is 23.2 Å². The van der Waals surface area contributed by atoms with Gasteiger partial charge in [0.05, 0.1) is 7.11 Å². The molecule has 3 atom stereocenters. The maximum absolute atomic E-state index is 15.5. The van der Waals surface area contributed by atoms with Crippen LogP contribution in [0, 0.1) is 11.7 Å². The summed E-state index contributed by atoms with van der Waals surface area (Å²) in [5.41, 5.74) is 3.12. The van der Waals surface area contributed by atoms with E-state index in [1.807, 2.05) is 0 Å². The first kappa shape index (κ1) is 22.7. The van der Waals surface area contributed by atoms with Crippen LogP contribution in [0.4, 0.5) is 23.2 Å². The van der Waals surface area contributed by atoms with Crippen molar-refractivity contribution in [3.63, 3.8) is 0 Å². The minimum Gasteiger partial charge on any atom is -0.480 e. The Morgan fingerprint density at radius 3 is 2.61 bits per heavy atom. The highest BCUT2D eigenvalue weighted by molar-refractivity contribution is 6.02. The largest absolute Gasteiger partial charge is 0.480 e. The minimum atomic E-state index is -3.50. The van der Waals surface area contributed by atoms with E-state index in [0.717, 1.165) is 19.1 Å². The van der Waals surface area contributed by atoms with Gasteiger partial charge in [-0.25, -0.2) is 22.6 Å². The number of rotatable bonds is 6. The van der Waals surface area contributed by atoms with Gasteiger partial charge in [0.2, 0.25) is 5.88 Å². The molecule has 1 aromatic carbocycles. The van der Waals surface area contributed by atoms with Gasteiger partial charge in [-0.2, -0.15) is 0 Å². The fourth-order valence-corrected chi connectivity index (χ4v) is 3.72. The smallest absolute Gasteiger partial charge is 0.290 e. The van der Waals surface area contributed by atoms with Crippen LogP contribution in [0.3, 0.4) is 0 Å². The van der Waals surface area contributed by atoms with Gasteiger partial charge < -0.3 is 20.5 Å². The standard InChI is InChI=1S/C21H21F4N5O3/c1-20(16(23)17(33-19(26)28-20)21(24,25)10-3-4-10)12-9-11(5-6-13(12)22)27-18(31)14-7-8-15(32-2)30-29-14/h5-10,16-17H,3-4H2,1-2H3,(H2,26,28)(H,27,31)/t16-,17-,20+/m0/s1. The predicted octanol–water partition coefficient (Wildman–Crippen LogP) is 3.19. The second kappa shape index (κ2) is 8.16. The number of carbonyl (C=O) groups is 1. The molecule has 2 heterocycles. The Morgan fingerprint density at radius 1 is 1.27 bits per heavy atom. The Bertz CT molecular complexity index is 1090. The Labute approximate surface area is 186 Å². The molecular weight excluding hydrogens is 446 g/mol. The molecule has 33 heavy (non-hydrogen) atoms. The molecule has 0 spiro atoms. The van der Waals surface area contributed by atoms with E-state index in [0.29, 0.717) is 0 Å². The number of aromatic nitrogens is 2. The Kier molecular flexibility index (Phi) is 5.62. The summed E-state index contributed by atoms with van der Waals surface area (Å²) >= 11 is 0. The van der Waals surface area contributed by atoms with Crippen molar-refractivity contribution >= 4 is 17.6 Å². The van der Waals surface area contributed by atoms with E-state index < -0.39 is 47.4 Å². The maximum atomic E-state index is 15.5. The fourth-order valence-electron chi connectivity index (χ4n) is 3.72. The van der Waals surface area contributed by atoms with Crippen LogP contribution in [0.1, 0.15) is 35.8 Å². The summed E-state index contributed by atoms with van der Waals surface area (Å²) in [6.45, 7) is 1.15. The number of nitrogens with one attached hydrogen (secondary N) is 1. The third-order valence-corrected chi connectivity index (χ3v) is 5.75. The molecule has 4 rings (SSSR count). The molecule has 12 heteroatoms. The van der Waals surface area contributed by atoms with E-state index >= 15 is 4.39 Å². The van der Waals surface area contributed by atoms with E-state index in [2.05, 4.69) is 20.5 Å².